The van der Waals surface area contributed by atoms with E-state index >= 15 is 0 Å². The van der Waals surface area contributed by atoms with Crippen LogP contribution < -0.4 is 5.32 Å². The van der Waals surface area contributed by atoms with Gasteiger partial charge < -0.3 is 14.5 Å². The summed E-state index contributed by atoms with van der Waals surface area (Å²) in [5.41, 5.74) is 2.25. The van der Waals surface area contributed by atoms with E-state index in [0.717, 1.165) is 5.56 Å². The minimum Gasteiger partial charge on any atom is -0.465 e. The molecule has 0 bridgehead atoms. The standard InChI is InChI=1S/C20H22N4O4S/c1-12-5-7-14(8-6-12)21-18(25)19-23-22-17(29-19)11-24(3)10-15-9-16(13(2)28-15)20(26)27-4/h5-9H,10-11H2,1-4H3,(H,21,25). The Hall–Kier alpha value is -3.04. The number of nitrogens with one attached hydrogen (secondary N) is 1. The molecule has 2 heterocycles. The van der Waals surface area contributed by atoms with Crippen LogP contribution >= 0.6 is 11.3 Å². The molecule has 0 aliphatic rings. The number of hydrogen-bond donors (Lipinski definition) is 1. The van der Waals surface area contributed by atoms with Gasteiger partial charge in [-0.25, -0.2) is 4.79 Å². The predicted molar refractivity (Wildman–Crippen MR) is 109 cm³/mol. The van der Waals surface area contributed by atoms with E-state index in [9.17, 15) is 9.59 Å². The van der Waals surface area contributed by atoms with Gasteiger partial charge in [-0.2, -0.15) is 0 Å². The molecule has 0 saturated carbocycles. The maximum Gasteiger partial charge on any atom is 0.341 e. The zero-order valence-corrected chi connectivity index (χ0v) is 17.5. The molecule has 0 radical (unpaired) electrons. The monoisotopic (exact) mass is 414 g/mol. The summed E-state index contributed by atoms with van der Waals surface area (Å²) < 4.78 is 10.4. The van der Waals surface area contributed by atoms with Crippen LogP contribution in [0.5, 0.6) is 0 Å². The molecule has 3 aromatic rings. The van der Waals surface area contributed by atoms with Crippen LogP contribution in [-0.2, 0) is 17.8 Å². The zero-order valence-electron chi connectivity index (χ0n) is 16.7. The molecule has 29 heavy (non-hydrogen) atoms. The minimum absolute atomic E-state index is 0.287. The lowest BCUT2D eigenvalue weighted by Gasteiger charge is -2.12. The number of furan rings is 1. The number of ether oxygens (including phenoxy) is 1. The van der Waals surface area contributed by atoms with E-state index in [1.165, 1.54) is 18.4 Å². The average Bonchev–Trinajstić information content (AvgIpc) is 3.29. The molecule has 3 rings (SSSR count). The molecule has 152 valence electrons. The summed E-state index contributed by atoms with van der Waals surface area (Å²) in [6.07, 6.45) is 0. The third-order valence-electron chi connectivity index (χ3n) is 4.18. The number of hydrogen-bond acceptors (Lipinski definition) is 8. The van der Waals surface area contributed by atoms with E-state index < -0.39 is 5.97 Å². The van der Waals surface area contributed by atoms with E-state index in [-0.39, 0.29) is 5.91 Å². The molecular weight excluding hydrogens is 392 g/mol. The highest BCUT2D eigenvalue weighted by atomic mass is 32.1. The van der Waals surface area contributed by atoms with Gasteiger partial charge in [0.25, 0.3) is 5.91 Å². The normalized spacial score (nSPS) is 10.9. The fraction of sp³-hybridized carbons (Fsp3) is 0.300. The summed E-state index contributed by atoms with van der Waals surface area (Å²) in [4.78, 5) is 26.0. The first-order valence-electron chi connectivity index (χ1n) is 8.92. The van der Waals surface area contributed by atoms with Crippen LogP contribution in [-0.4, -0.2) is 41.1 Å². The summed E-state index contributed by atoms with van der Waals surface area (Å²) in [6, 6.07) is 9.22. The highest BCUT2D eigenvalue weighted by molar-refractivity contribution is 7.13. The lowest BCUT2D eigenvalue weighted by Crippen LogP contribution is -2.16. The molecule has 2 aromatic heterocycles. The van der Waals surface area contributed by atoms with E-state index in [0.29, 0.717) is 45.9 Å². The van der Waals surface area contributed by atoms with Crippen molar-refractivity contribution in [2.45, 2.75) is 26.9 Å². The van der Waals surface area contributed by atoms with Gasteiger partial charge in [0.1, 0.15) is 22.1 Å². The average molecular weight is 414 g/mol. The SMILES string of the molecule is COC(=O)c1cc(CN(C)Cc2nnc(C(=O)Nc3ccc(C)cc3)s2)oc1C. The van der Waals surface area contributed by atoms with Crippen molar-refractivity contribution in [1.82, 2.24) is 15.1 Å². The Labute approximate surface area is 172 Å². The molecule has 0 aliphatic carbocycles. The van der Waals surface area contributed by atoms with Crippen LogP contribution in [0.1, 0.15) is 42.3 Å². The first kappa shape index (κ1) is 20.7. The first-order chi connectivity index (χ1) is 13.9. The number of methoxy groups -OCH3 is 1. The van der Waals surface area contributed by atoms with Crippen LogP contribution in [0.25, 0.3) is 0 Å². The second kappa shape index (κ2) is 8.97. The van der Waals surface area contributed by atoms with Crippen molar-refractivity contribution in [2.24, 2.45) is 0 Å². The molecule has 0 spiro atoms. The summed E-state index contributed by atoms with van der Waals surface area (Å²) in [6.45, 7) is 4.67. The Morgan fingerprint density at radius 1 is 1.17 bits per heavy atom. The van der Waals surface area contributed by atoms with Gasteiger partial charge in [-0.3, -0.25) is 9.69 Å². The van der Waals surface area contributed by atoms with Gasteiger partial charge in [-0.15, -0.1) is 10.2 Å². The molecular formula is C20H22N4O4S. The van der Waals surface area contributed by atoms with Gasteiger partial charge in [0.2, 0.25) is 5.01 Å². The van der Waals surface area contributed by atoms with Gasteiger partial charge >= 0.3 is 5.97 Å². The summed E-state index contributed by atoms with van der Waals surface area (Å²) >= 11 is 1.24. The van der Waals surface area contributed by atoms with Gasteiger partial charge in [-0.1, -0.05) is 29.0 Å². The highest BCUT2D eigenvalue weighted by Gasteiger charge is 2.18. The van der Waals surface area contributed by atoms with Crippen LogP contribution in [0.4, 0.5) is 5.69 Å². The van der Waals surface area contributed by atoms with Crippen molar-refractivity contribution < 1.29 is 18.7 Å². The second-order valence-corrected chi connectivity index (χ2v) is 7.73. The second-order valence-electron chi connectivity index (χ2n) is 6.67. The summed E-state index contributed by atoms with van der Waals surface area (Å²) in [5, 5.41) is 11.9. The number of nitrogens with zero attached hydrogens (tertiary/aromatic N) is 3. The number of aromatic nitrogens is 2. The summed E-state index contributed by atoms with van der Waals surface area (Å²) in [7, 11) is 3.23. The van der Waals surface area contributed by atoms with Crippen molar-refractivity contribution in [3.63, 3.8) is 0 Å². The Bertz CT molecular complexity index is 1010. The lowest BCUT2D eigenvalue weighted by molar-refractivity contribution is 0.0598. The maximum atomic E-state index is 12.3. The Balaban J connectivity index is 1.58. The van der Waals surface area contributed by atoms with Crippen LogP contribution in [0, 0.1) is 13.8 Å². The van der Waals surface area contributed by atoms with Gasteiger partial charge in [0, 0.05) is 5.69 Å². The van der Waals surface area contributed by atoms with E-state index in [1.54, 1.807) is 13.0 Å². The Morgan fingerprint density at radius 2 is 1.90 bits per heavy atom. The van der Waals surface area contributed by atoms with Gasteiger partial charge in [0.05, 0.1) is 20.2 Å². The Kier molecular flexibility index (Phi) is 6.40. The smallest absolute Gasteiger partial charge is 0.341 e. The largest absolute Gasteiger partial charge is 0.465 e. The number of carbonyl (C=O) groups is 2. The van der Waals surface area contributed by atoms with Crippen molar-refractivity contribution in [3.05, 3.63) is 63.0 Å². The third-order valence-corrected chi connectivity index (χ3v) is 5.08. The Morgan fingerprint density at radius 3 is 2.59 bits per heavy atom. The van der Waals surface area contributed by atoms with E-state index in [4.69, 9.17) is 9.15 Å². The fourth-order valence-corrected chi connectivity index (χ4v) is 3.53. The quantitative estimate of drug-likeness (QED) is 0.592. The first-order valence-corrected chi connectivity index (χ1v) is 9.74. The number of aryl methyl sites for hydroxylation is 2. The van der Waals surface area contributed by atoms with Gasteiger partial charge in [0.15, 0.2) is 0 Å². The number of benzene rings is 1. The van der Waals surface area contributed by atoms with E-state index in [2.05, 4.69) is 15.5 Å². The third kappa shape index (κ3) is 5.27. The number of anilines is 1. The number of rotatable bonds is 7. The van der Waals surface area contributed by atoms with Crippen LogP contribution in [0.2, 0.25) is 0 Å². The van der Waals surface area contributed by atoms with Crippen molar-refractivity contribution >= 4 is 28.9 Å². The number of carbonyl (C=O) groups excluding carboxylic acids is 2. The van der Waals surface area contributed by atoms with Crippen LogP contribution in [0.3, 0.4) is 0 Å². The highest BCUT2D eigenvalue weighted by Crippen LogP contribution is 2.19. The zero-order chi connectivity index (χ0) is 21.0. The maximum absolute atomic E-state index is 12.3. The molecule has 1 N–H and O–H groups in total. The van der Waals surface area contributed by atoms with E-state index in [1.807, 2.05) is 43.1 Å². The van der Waals surface area contributed by atoms with Crippen molar-refractivity contribution in [1.29, 1.82) is 0 Å². The molecule has 0 aliphatic heterocycles. The molecule has 0 atom stereocenters. The molecule has 1 aromatic carbocycles. The topological polar surface area (TPSA) is 97.6 Å². The lowest BCUT2D eigenvalue weighted by atomic mass is 10.2. The van der Waals surface area contributed by atoms with Gasteiger partial charge in [-0.05, 0) is 39.1 Å². The van der Waals surface area contributed by atoms with Crippen molar-refractivity contribution in [2.75, 3.05) is 19.5 Å². The molecule has 0 unspecified atom stereocenters. The number of amides is 1. The molecule has 0 fully saturated rings. The van der Waals surface area contributed by atoms with Crippen LogP contribution in [0.15, 0.2) is 34.7 Å². The van der Waals surface area contributed by atoms with Crippen molar-refractivity contribution in [3.8, 4) is 0 Å². The fourth-order valence-electron chi connectivity index (χ4n) is 2.72. The molecule has 8 nitrogen and oxygen atoms in total. The molecule has 9 heteroatoms. The molecule has 1 amide bonds. The minimum atomic E-state index is -0.423. The summed E-state index contributed by atoms with van der Waals surface area (Å²) in [5.74, 6) is 0.455. The predicted octanol–water partition coefficient (Wildman–Crippen LogP) is 3.42. The molecule has 0 saturated heterocycles. The number of esters is 1.